The Labute approximate surface area is 267 Å². The van der Waals surface area contributed by atoms with Crippen molar-refractivity contribution in [2.45, 2.75) is 111 Å². The molecule has 0 aliphatic heterocycles. The van der Waals surface area contributed by atoms with Gasteiger partial charge in [0.1, 0.15) is 11.5 Å². The van der Waals surface area contributed by atoms with Gasteiger partial charge in [-0.3, -0.25) is 0 Å². The minimum Gasteiger partial charge on any atom is -0.465 e. The normalized spacial score (nSPS) is 11.1. The van der Waals surface area contributed by atoms with E-state index in [2.05, 4.69) is 87.2 Å². The van der Waals surface area contributed by atoms with Gasteiger partial charge in [-0.05, 0) is 91.3 Å². The highest BCUT2D eigenvalue weighted by Gasteiger charge is 2.25. The van der Waals surface area contributed by atoms with Crippen LogP contribution in [0.4, 0.5) is 11.4 Å². The Kier molecular flexibility index (Phi) is 16.2. The van der Waals surface area contributed by atoms with Crippen molar-refractivity contribution in [2.75, 3.05) is 32.7 Å². The van der Waals surface area contributed by atoms with E-state index in [1.165, 1.54) is 27.8 Å². The van der Waals surface area contributed by atoms with Crippen molar-refractivity contribution in [1.82, 2.24) is 0 Å². The number of hydrogen-bond acceptors (Lipinski definition) is 5. The molecule has 3 aromatic carbocycles. The van der Waals surface area contributed by atoms with Crippen LogP contribution in [0.3, 0.4) is 0 Å². The number of unbranched alkanes of at least 4 members (excludes halogenated alkanes) is 4. The monoisotopic (exact) mass is 603 g/mol. The van der Waals surface area contributed by atoms with Crippen LogP contribution in [-0.4, -0.2) is 27.8 Å². The van der Waals surface area contributed by atoms with Gasteiger partial charge in [0.25, 0.3) is 0 Å². The van der Waals surface area contributed by atoms with Gasteiger partial charge in [0.05, 0.1) is 11.4 Å². The molecule has 0 aromatic heterocycles. The van der Waals surface area contributed by atoms with Crippen LogP contribution in [0.15, 0.2) is 54.6 Å². The van der Waals surface area contributed by atoms with Crippen LogP contribution in [-0.2, 0) is 41.7 Å². The first-order valence-corrected chi connectivity index (χ1v) is 17.0. The first kappa shape index (κ1) is 35.5. The smallest absolute Gasteiger partial charge is 0.188 e. The summed E-state index contributed by atoms with van der Waals surface area (Å²) >= 11 is 0. The topological polar surface area (TPSA) is 40.2 Å². The fourth-order valence-electron chi connectivity index (χ4n) is 5.67. The number of rotatable bonds is 22. The number of anilines is 2. The predicted octanol–water partition coefficient (Wildman–Crippen LogP) is 10.4. The zero-order valence-corrected chi connectivity index (χ0v) is 28.4. The lowest BCUT2D eigenvalue weighted by molar-refractivity contribution is 0.0502. The molecule has 0 aliphatic carbocycles. The van der Waals surface area contributed by atoms with E-state index >= 15 is 0 Å². The lowest BCUT2D eigenvalue weighted by Crippen LogP contribution is -2.21. The van der Waals surface area contributed by atoms with Crippen LogP contribution in [0.2, 0.25) is 0 Å². The van der Waals surface area contributed by atoms with Gasteiger partial charge in [0.2, 0.25) is 0 Å². The molecule has 0 bridgehead atoms. The maximum absolute atomic E-state index is 6.50. The van der Waals surface area contributed by atoms with Crippen molar-refractivity contribution >= 4 is 11.4 Å². The molecule has 0 unspecified atom stereocenters. The van der Waals surface area contributed by atoms with E-state index in [1.54, 1.807) is 14.2 Å². The maximum Gasteiger partial charge on any atom is 0.188 e. The van der Waals surface area contributed by atoms with Crippen molar-refractivity contribution < 1.29 is 18.9 Å². The van der Waals surface area contributed by atoms with Crippen molar-refractivity contribution in [1.29, 1.82) is 0 Å². The first-order valence-electron chi connectivity index (χ1n) is 17.0. The Balaban J connectivity index is 2.37. The summed E-state index contributed by atoms with van der Waals surface area (Å²) in [4.78, 5) is 2.43. The fraction of sp³-hybridized carbons (Fsp3) is 0.538. The summed E-state index contributed by atoms with van der Waals surface area (Å²) in [6.45, 7) is 10.1. The molecule has 0 N–H and O–H groups in total. The molecule has 0 spiro atoms. The third kappa shape index (κ3) is 10.6. The Morgan fingerprint density at radius 2 is 0.955 bits per heavy atom. The summed E-state index contributed by atoms with van der Waals surface area (Å²) in [6, 6.07) is 20.2. The van der Waals surface area contributed by atoms with E-state index in [1.807, 2.05) is 0 Å². The van der Waals surface area contributed by atoms with Gasteiger partial charge in [0.15, 0.2) is 13.6 Å². The van der Waals surface area contributed by atoms with Crippen LogP contribution in [0.5, 0.6) is 11.5 Å². The number of aryl methyl sites for hydroxylation is 4. The summed E-state index contributed by atoms with van der Waals surface area (Å²) in [5.41, 5.74) is 8.57. The lowest BCUT2D eigenvalue weighted by Gasteiger charge is -2.32. The van der Waals surface area contributed by atoms with Crippen LogP contribution < -0.4 is 14.4 Å². The van der Waals surface area contributed by atoms with Crippen LogP contribution in [0.25, 0.3) is 0 Å². The number of methoxy groups -OCH3 is 2. The third-order valence-corrected chi connectivity index (χ3v) is 8.06. The standard InChI is InChI=1S/C39H57NO4/c1-7-11-18-32-24-34(22-13-9-3)38(43-29-41-5)36(26-32)40(28-31-20-16-15-17-21-31)37-27-33(19-12-8-2)25-35(23-14-10-4)39(37)44-30-42-6/h15-17,20-21,24-27H,7-14,18-19,22-23,28-30H2,1-6H3. The van der Waals surface area contributed by atoms with Crippen molar-refractivity contribution in [3.8, 4) is 11.5 Å². The highest BCUT2D eigenvalue weighted by Crippen LogP contribution is 2.45. The molecule has 5 nitrogen and oxygen atoms in total. The molecule has 3 aromatic rings. The second kappa shape index (κ2) is 20.1. The SMILES string of the molecule is CCCCc1cc(CCCC)c(OCOC)c(N(Cc2ccccc2)c2cc(CCCC)cc(CCCC)c2OCOC)c1. The maximum atomic E-state index is 6.50. The zero-order valence-electron chi connectivity index (χ0n) is 28.4. The quantitative estimate of drug-likeness (QED) is 0.107. The molecule has 0 saturated carbocycles. The third-order valence-electron chi connectivity index (χ3n) is 8.06. The van der Waals surface area contributed by atoms with Crippen LogP contribution >= 0.6 is 0 Å². The lowest BCUT2D eigenvalue weighted by atomic mass is 9.96. The number of nitrogens with zero attached hydrogens (tertiary/aromatic N) is 1. The molecular weight excluding hydrogens is 546 g/mol. The van der Waals surface area contributed by atoms with Crippen LogP contribution in [0, 0.1) is 0 Å². The molecule has 0 saturated heterocycles. The van der Waals surface area contributed by atoms with Crippen LogP contribution in [0.1, 0.15) is 107 Å². The highest BCUT2D eigenvalue weighted by atomic mass is 16.7. The average molecular weight is 604 g/mol. The summed E-state index contributed by atoms with van der Waals surface area (Å²) in [7, 11) is 3.38. The first-order chi connectivity index (χ1) is 21.6. The van der Waals surface area contributed by atoms with Gasteiger partial charge < -0.3 is 23.8 Å². The van der Waals surface area contributed by atoms with Crippen molar-refractivity contribution in [2.24, 2.45) is 0 Å². The number of benzene rings is 3. The summed E-state index contributed by atoms with van der Waals surface area (Å²) in [5.74, 6) is 1.81. The second-order valence-electron chi connectivity index (χ2n) is 11.8. The molecule has 44 heavy (non-hydrogen) atoms. The van der Waals surface area contributed by atoms with E-state index in [-0.39, 0.29) is 13.6 Å². The van der Waals surface area contributed by atoms with Gasteiger partial charge >= 0.3 is 0 Å². The Morgan fingerprint density at radius 3 is 1.36 bits per heavy atom. The Bertz CT molecular complexity index is 1150. The molecule has 242 valence electrons. The van der Waals surface area contributed by atoms with E-state index in [9.17, 15) is 0 Å². The largest absolute Gasteiger partial charge is 0.465 e. The van der Waals surface area contributed by atoms with Gasteiger partial charge in [0, 0.05) is 20.8 Å². The van der Waals surface area contributed by atoms with Gasteiger partial charge in [-0.2, -0.15) is 0 Å². The fourth-order valence-corrected chi connectivity index (χ4v) is 5.67. The molecule has 3 rings (SSSR count). The van der Waals surface area contributed by atoms with E-state index in [0.717, 1.165) is 99.9 Å². The van der Waals surface area contributed by atoms with E-state index < -0.39 is 0 Å². The van der Waals surface area contributed by atoms with Crippen molar-refractivity contribution in [3.05, 3.63) is 82.4 Å². The molecule has 5 heteroatoms. The van der Waals surface area contributed by atoms with Gasteiger partial charge in [-0.15, -0.1) is 0 Å². The predicted molar refractivity (Wildman–Crippen MR) is 185 cm³/mol. The molecule has 0 heterocycles. The summed E-state index contributed by atoms with van der Waals surface area (Å²) < 4.78 is 24.0. The molecule has 0 fully saturated rings. The molecule has 0 radical (unpaired) electrons. The summed E-state index contributed by atoms with van der Waals surface area (Å²) in [5, 5.41) is 0. The molecule has 0 amide bonds. The average Bonchev–Trinajstić information content (AvgIpc) is 3.05. The number of ether oxygens (including phenoxy) is 4. The molecule has 0 atom stereocenters. The second-order valence-corrected chi connectivity index (χ2v) is 11.8. The van der Waals surface area contributed by atoms with Gasteiger partial charge in [-0.25, -0.2) is 0 Å². The highest BCUT2D eigenvalue weighted by molar-refractivity contribution is 5.77. The number of hydrogen-bond donors (Lipinski definition) is 0. The Hall–Kier alpha value is -3.02. The summed E-state index contributed by atoms with van der Waals surface area (Å²) in [6.07, 6.45) is 13.1. The van der Waals surface area contributed by atoms with E-state index in [4.69, 9.17) is 18.9 Å². The Morgan fingerprint density at radius 1 is 0.523 bits per heavy atom. The molecule has 0 aliphatic rings. The minimum atomic E-state index is 0.199. The van der Waals surface area contributed by atoms with E-state index in [0.29, 0.717) is 6.54 Å². The zero-order chi connectivity index (χ0) is 31.6. The minimum absolute atomic E-state index is 0.199. The van der Waals surface area contributed by atoms with Gasteiger partial charge in [-0.1, -0.05) is 95.8 Å². The van der Waals surface area contributed by atoms with Crippen molar-refractivity contribution in [3.63, 3.8) is 0 Å². The molecular formula is C39H57NO4.